The highest BCUT2D eigenvalue weighted by Gasteiger charge is 2.44. The first kappa shape index (κ1) is 43.7. The smallest absolute Gasteiger partial charge is 0.330 e. The lowest BCUT2D eigenvalue weighted by atomic mass is 9.80. The maximum absolute atomic E-state index is 14.3. The number of nitrogens with one attached hydrogen (secondary N) is 1. The molecule has 4 atom stereocenters. The van der Waals surface area contributed by atoms with Crippen LogP contribution in [-0.4, -0.2) is 77.0 Å². The van der Waals surface area contributed by atoms with Crippen LogP contribution in [-0.2, 0) is 19.6 Å². The van der Waals surface area contributed by atoms with Crippen LogP contribution >= 0.6 is 30.6 Å². The number of hydrogen-bond acceptors (Lipinski definition) is 11. The average Bonchev–Trinajstić information content (AvgIpc) is 3.95. The minimum Gasteiger partial charge on any atom is -0.497 e. The molecule has 2 aliphatic heterocycles. The van der Waals surface area contributed by atoms with Crippen molar-refractivity contribution in [3.8, 4) is 11.5 Å². The molecular weight excluding hydrogens is 832 g/mol. The van der Waals surface area contributed by atoms with Crippen LogP contribution in [0.5, 0.6) is 11.5 Å². The Morgan fingerprint density at radius 3 is 2.13 bits per heavy atom. The molecule has 2 saturated heterocycles. The Morgan fingerprint density at radius 2 is 1.52 bits per heavy atom. The number of aromatic nitrogens is 2. The van der Waals surface area contributed by atoms with Crippen LogP contribution in [0.2, 0.25) is 0 Å². The summed E-state index contributed by atoms with van der Waals surface area (Å²) in [5.41, 5.74) is 0.511. The number of halogens is 2. The molecule has 2 aliphatic rings. The van der Waals surface area contributed by atoms with E-state index in [1.807, 2.05) is 78.9 Å². The number of aryl methyl sites for hydroxylation is 1. The van der Waals surface area contributed by atoms with Gasteiger partial charge in [-0.25, -0.2) is 13.6 Å². The molecule has 1 aromatic heterocycles. The molecule has 0 saturated carbocycles. The number of thioether (sulfide) groups is 1. The van der Waals surface area contributed by atoms with Gasteiger partial charge in [0, 0.05) is 48.8 Å². The molecule has 60 heavy (non-hydrogen) atoms. The van der Waals surface area contributed by atoms with Crippen LogP contribution in [0.3, 0.4) is 0 Å². The Hall–Kier alpha value is -4.34. The molecule has 0 radical (unpaired) electrons. The van der Waals surface area contributed by atoms with Crippen LogP contribution in [0.15, 0.2) is 113 Å². The molecule has 16 heteroatoms. The number of carbonyl (C=O) groups excluding carboxylic acids is 1. The molecule has 11 nitrogen and oxygen atoms in total. The van der Waals surface area contributed by atoms with E-state index in [0.29, 0.717) is 34.6 Å². The van der Waals surface area contributed by atoms with Gasteiger partial charge < -0.3 is 23.5 Å². The van der Waals surface area contributed by atoms with Crippen LogP contribution < -0.4 is 20.7 Å². The summed E-state index contributed by atoms with van der Waals surface area (Å²) in [5, 5.41) is -0.471. The highest BCUT2D eigenvalue weighted by molar-refractivity contribution is 8.53. The van der Waals surface area contributed by atoms with E-state index >= 15 is 0 Å². The monoisotopic (exact) mass is 877 g/mol. The summed E-state index contributed by atoms with van der Waals surface area (Å²) in [7, 11) is 1.94. The first-order chi connectivity index (χ1) is 29.1. The van der Waals surface area contributed by atoms with E-state index in [1.165, 1.54) is 10.8 Å². The number of carbonyl (C=O) groups is 1. The summed E-state index contributed by atoms with van der Waals surface area (Å²) >= 11 is 2.56. The molecule has 3 heterocycles. The average molecular weight is 878 g/mol. The van der Waals surface area contributed by atoms with E-state index in [1.54, 1.807) is 32.5 Å². The van der Waals surface area contributed by atoms with Gasteiger partial charge >= 0.3 is 5.69 Å². The number of H-pyrrole nitrogens is 1. The van der Waals surface area contributed by atoms with Crippen molar-refractivity contribution in [2.24, 2.45) is 0 Å². The SMILES string of the molecule is COc1ccc(C(OC[C@H]2O[C@@H](n3cc(C)c(=O)[nH]c3=O)C[C@@H]2OP(SCCSC(=O)c2ccc(F)cc2F)N2CCCC2)(c2ccccc2)c2ccc(OC)cc2)cc1. The van der Waals surface area contributed by atoms with Crippen molar-refractivity contribution in [2.45, 2.75) is 50.2 Å². The lowest BCUT2D eigenvalue weighted by Gasteiger charge is -2.37. The van der Waals surface area contributed by atoms with Crippen LogP contribution in [0, 0.1) is 18.6 Å². The molecular formula is C44H46F2N3O8PS2. The second kappa shape index (κ2) is 20.0. The summed E-state index contributed by atoms with van der Waals surface area (Å²) in [6.45, 7) is 3.32. The van der Waals surface area contributed by atoms with Gasteiger partial charge in [-0.05, 0) is 72.9 Å². The van der Waals surface area contributed by atoms with Crippen molar-refractivity contribution in [1.82, 2.24) is 14.2 Å². The molecule has 0 spiro atoms. The van der Waals surface area contributed by atoms with E-state index in [0.717, 1.165) is 66.5 Å². The fourth-order valence-corrected chi connectivity index (χ4v) is 12.7. The molecule has 316 valence electrons. The summed E-state index contributed by atoms with van der Waals surface area (Å²) in [5.74, 6) is 0.634. The standard InChI is InChI=1S/C44H46F2N3O8PS2/c1-29-27-49(43(52)47-41(29)50)40-26-38(57-58(48-21-7-8-22-48)60-24-23-59-42(51)36-20-15-33(45)25-37(36)46)39(56-40)28-55-44(30-9-5-4-6-10-30,31-11-16-34(53-2)17-12-31)32-13-18-35(54-3)19-14-32/h4-6,9-20,25,27,38-40H,7-8,21-24,26,28H2,1-3H3,(H,47,50,52)/t38-,39+,40+,58?/m0/s1. The Kier molecular flexibility index (Phi) is 14.6. The quantitative estimate of drug-likeness (QED) is 0.0551. The van der Waals surface area contributed by atoms with Crippen LogP contribution in [0.4, 0.5) is 8.78 Å². The normalized spacial score (nSPS) is 18.7. The van der Waals surface area contributed by atoms with Gasteiger partial charge in [0.25, 0.3) is 5.56 Å². The largest absolute Gasteiger partial charge is 0.497 e. The van der Waals surface area contributed by atoms with Gasteiger partial charge in [-0.1, -0.05) is 77.7 Å². The maximum Gasteiger partial charge on any atom is 0.330 e. The Balaban J connectivity index is 1.20. The highest BCUT2D eigenvalue weighted by Crippen LogP contribution is 2.58. The van der Waals surface area contributed by atoms with Gasteiger partial charge in [0.2, 0.25) is 5.12 Å². The van der Waals surface area contributed by atoms with Crippen LogP contribution in [0.1, 0.15) is 58.1 Å². The van der Waals surface area contributed by atoms with Gasteiger partial charge in [-0.2, -0.15) is 0 Å². The molecule has 0 amide bonds. The predicted molar refractivity (Wildman–Crippen MR) is 231 cm³/mol. The minimum absolute atomic E-state index is 0.0344. The van der Waals surface area contributed by atoms with Crippen molar-refractivity contribution < 1.29 is 37.0 Å². The highest BCUT2D eigenvalue weighted by atomic mass is 32.7. The molecule has 4 aromatic carbocycles. The lowest BCUT2D eigenvalue weighted by Crippen LogP contribution is -2.38. The van der Waals surface area contributed by atoms with Crippen molar-refractivity contribution in [1.29, 1.82) is 0 Å². The zero-order chi connectivity index (χ0) is 42.2. The maximum atomic E-state index is 14.3. The van der Waals surface area contributed by atoms with Gasteiger partial charge in [-0.15, -0.1) is 0 Å². The minimum atomic E-state index is -1.29. The first-order valence-corrected chi connectivity index (χ1v) is 23.3. The number of rotatable bonds is 17. The summed E-state index contributed by atoms with van der Waals surface area (Å²) in [4.78, 5) is 40.8. The number of nitrogens with zero attached hydrogens (tertiary/aromatic N) is 2. The summed E-state index contributed by atoms with van der Waals surface area (Å²) < 4.78 is 63.6. The second-order valence-corrected chi connectivity index (χ2v) is 19.0. The molecule has 7 rings (SSSR count). The molecule has 0 bridgehead atoms. The topological polar surface area (TPSA) is 121 Å². The first-order valence-electron chi connectivity index (χ1n) is 19.5. The number of hydrogen-bond donors (Lipinski definition) is 1. The number of ether oxygens (including phenoxy) is 4. The molecule has 2 fully saturated rings. The second-order valence-electron chi connectivity index (χ2n) is 14.3. The van der Waals surface area contributed by atoms with Gasteiger partial charge in [0.05, 0.1) is 32.5 Å². The summed E-state index contributed by atoms with van der Waals surface area (Å²) in [6, 6.07) is 28.3. The zero-order valence-electron chi connectivity index (χ0n) is 33.4. The van der Waals surface area contributed by atoms with Crippen LogP contribution in [0.25, 0.3) is 0 Å². The predicted octanol–water partition coefficient (Wildman–Crippen LogP) is 8.45. The number of aromatic amines is 1. The van der Waals surface area contributed by atoms with E-state index in [4.69, 9.17) is 23.5 Å². The molecule has 1 N–H and O–H groups in total. The Labute approximate surface area is 356 Å². The van der Waals surface area contributed by atoms with E-state index < -0.39 is 59.5 Å². The Bertz CT molecular complexity index is 2300. The van der Waals surface area contributed by atoms with Crippen molar-refractivity contribution in [3.63, 3.8) is 0 Å². The van der Waals surface area contributed by atoms with E-state index in [-0.39, 0.29) is 18.6 Å². The fraction of sp³-hybridized carbons (Fsp3) is 0.341. The summed E-state index contributed by atoms with van der Waals surface area (Å²) in [6.07, 6.45) is 1.78. The Morgan fingerprint density at radius 1 is 0.883 bits per heavy atom. The lowest BCUT2D eigenvalue weighted by molar-refractivity contribution is -0.0910. The van der Waals surface area contributed by atoms with Gasteiger partial charge in [0.15, 0.2) is 7.50 Å². The van der Waals surface area contributed by atoms with Crippen molar-refractivity contribution >= 4 is 35.8 Å². The fourth-order valence-electron chi connectivity index (χ4n) is 7.35. The van der Waals surface area contributed by atoms with Gasteiger partial charge in [-0.3, -0.25) is 23.8 Å². The number of methoxy groups -OCH3 is 2. The third kappa shape index (κ3) is 9.89. The van der Waals surface area contributed by atoms with Crippen molar-refractivity contribution in [3.05, 3.63) is 164 Å². The third-order valence-corrected chi connectivity index (χ3v) is 15.7. The third-order valence-electron chi connectivity index (χ3n) is 10.5. The zero-order valence-corrected chi connectivity index (χ0v) is 35.9. The molecule has 5 aromatic rings. The number of benzene rings is 4. The van der Waals surface area contributed by atoms with Gasteiger partial charge in [0.1, 0.15) is 41.1 Å². The van der Waals surface area contributed by atoms with Crippen molar-refractivity contribution in [2.75, 3.05) is 45.4 Å². The molecule has 1 unspecified atom stereocenters. The van der Waals surface area contributed by atoms with E-state index in [9.17, 15) is 23.2 Å². The molecule has 0 aliphatic carbocycles. The van der Waals surface area contributed by atoms with E-state index in [2.05, 4.69) is 9.65 Å².